The lowest BCUT2D eigenvalue weighted by atomic mass is 9.99. The Balaban J connectivity index is 2.26. The van der Waals surface area contributed by atoms with Crippen molar-refractivity contribution in [3.05, 3.63) is 29.8 Å². The monoisotopic (exact) mass is 311 g/mol. The standard InChI is InChI=1S/C15H25N3O2S/c1-13-9-10-14-7-4-5-8-15(14)18(13)21(19,20)17(3)12-6-11-16-2/h4-5,7-8,13,16H,6,9-12H2,1-3H3. The van der Waals surface area contributed by atoms with E-state index in [0.29, 0.717) is 6.54 Å². The van der Waals surface area contributed by atoms with Crippen molar-refractivity contribution in [2.75, 3.05) is 31.5 Å². The Morgan fingerprint density at radius 2 is 2.10 bits per heavy atom. The summed E-state index contributed by atoms with van der Waals surface area (Å²) in [5, 5.41) is 3.04. The van der Waals surface area contributed by atoms with Gasteiger partial charge in [0.25, 0.3) is 0 Å². The van der Waals surface area contributed by atoms with Gasteiger partial charge in [0.2, 0.25) is 0 Å². The largest absolute Gasteiger partial charge is 0.320 e. The third-order valence-electron chi connectivity index (χ3n) is 4.00. The van der Waals surface area contributed by atoms with Crippen LogP contribution in [0.25, 0.3) is 0 Å². The molecule has 1 atom stereocenters. The summed E-state index contributed by atoms with van der Waals surface area (Å²) in [5.74, 6) is 0. The fraction of sp³-hybridized carbons (Fsp3) is 0.600. The second-order valence-electron chi connectivity index (χ2n) is 5.60. The van der Waals surface area contributed by atoms with Gasteiger partial charge in [-0.1, -0.05) is 18.2 Å². The zero-order valence-corrected chi connectivity index (χ0v) is 13.9. The van der Waals surface area contributed by atoms with Crippen molar-refractivity contribution in [3.8, 4) is 0 Å². The number of hydrogen-bond donors (Lipinski definition) is 1. The van der Waals surface area contributed by atoms with Gasteiger partial charge in [0.1, 0.15) is 0 Å². The molecule has 1 aromatic carbocycles. The van der Waals surface area contributed by atoms with Crippen molar-refractivity contribution < 1.29 is 8.42 Å². The lowest BCUT2D eigenvalue weighted by molar-refractivity contribution is 0.446. The van der Waals surface area contributed by atoms with E-state index in [2.05, 4.69) is 5.32 Å². The molecule has 1 aliphatic rings. The molecule has 0 bridgehead atoms. The zero-order chi connectivity index (χ0) is 15.5. The van der Waals surface area contributed by atoms with E-state index in [-0.39, 0.29) is 6.04 Å². The Hall–Kier alpha value is -1.11. The van der Waals surface area contributed by atoms with Crippen LogP contribution < -0.4 is 9.62 Å². The molecule has 118 valence electrons. The second kappa shape index (κ2) is 6.77. The van der Waals surface area contributed by atoms with Gasteiger partial charge in [0.15, 0.2) is 0 Å². The maximum absolute atomic E-state index is 12.9. The highest BCUT2D eigenvalue weighted by atomic mass is 32.2. The number of nitrogens with zero attached hydrogens (tertiary/aromatic N) is 2. The molecule has 0 radical (unpaired) electrons. The molecule has 0 saturated carbocycles. The van der Waals surface area contributed by atoms with E-state index >= 15 is 0 Å². The summed E-state index contributed by atoms with van der Waals surface area (Å²) < 4.78 is 28.8. The number of aryl methyl sites for hydroxylation is 1. The van der Waals surface area contributed by atoms with Crippen LogP contribution in [0.2, 0.25) is 0 Å². The second-order valence-corrected chi connectivity index (χ2v) is 7.51. The van der Waals surface area contributed by atoms with E-state index < -0.39 is 10.2 Å². The van der Waals surface area contributed by atoms with Crippen LogP contribution in [0.1, 0.15) is 25.3 Å². The zero-order valence-electron chi connectivity index (χ0n) is 13.0. The Morgan fingerprint density at radius 1 is 1.38 bits per heavy atom. The van der Waals surface area contributed by atoms with Crippen molar-refractivity contribution in [2.45, 2.75) is 32.2 Å². The fourth-order valence-electron chi connectivity index (χ4n) is 2.75. The van der Waals surface area contributed by atoms with E-state index in [0.717, 1.165) is 37.1 Å². The van der Waals surface area contributed by atoms with Crippen LogP contribution in [0.3, 0.4) is 0 Å². The molecule has 0 saturated heterocycles. The molecule has 0 aromatic heterocycles. The topological polar surface area (TPSA) is 52.7 Å². The van der Waals surface area contributed by atoms with Crippen LogP contribution in [0.15, 0.2) is 24.3 Å². The summed E-state index contributed by atoms with van der Waals surface area (Å²) in [6, 6.07) is 7.79. The number of anilines is 1. The summed E-state index contributed by atoms with van der Waals surface area (Å²) in [5.41, 5.74) is 1.94. The molecule has 1 N–H and O–H groups in total. The van der Waals surface area contributed by atoms with E-state index in [1.54, 1.807) is 11.4 Å². The molecule has 0 spiro atoms. The number of fused-ring (bicyclic) bond motifs is 1. The summed E-state index contributed by atoms with van der Waals surface area (Å²) >= 11 is 0. The summed E-state index contributed by atoms with van der Waals surface area (Å²) in [6.45, 7) is 3.31. The average Bonchev–Trinajstić information content (AvgIpc) is 2.46. The van der Waals surface area contributed by atoms with E-state index in [1.807, 2.05) is 38.2 Å². The first-order valence-electron chi connectivity index (χ1n) is 7.46. The van der Waals surface area contributed by atoms with Gasteiger partial charge in [-0.3, -0.25) is 4.31 Å². The SMILES string of the molecule is CNCCCN(C)S(=O)(=O)N1c2ccccc2CCC1C. The smallest absolute Gasteiger partial charge is 0.304 e. The highest BCUT2D eigenvalue weighted by Gasteiger charge is 2.34. The molecule has 1 aliphatic heterocycles. The highest BCUT2D eigenvalue weighted by Crippen LogP contribution is 2.33. The fourth-order valence-corrected chi connectivity index (χ4v) is 4.40. The maximum atomic E-state index is 12.9. The third kappa shape index (κ3) is 3.39. The normalized spacial score (nSPS) is 18.9. The molecule has 0 aliphatic carbocycles. The van der Waals surface area contributed by atoms with Crippen molar-refractivity contribution in [1.29, 1.82) is 0 Å². The van der Waals surface area contributed by atoms with E-state index in [1.165, 1.54) is 4.31 Å². The van der Waals surface area contributed by atoms with Crippen LogP contribution in [0, 0.1) is 0 Å². The predicted molar refractivity (Wildman–Crippen MR) is 86.8 cm³/mol. The molecular formula is C15H25N3O2S. The minimum atomic E-state index is -3.47. The summed E-state index contributed by atoms with van der Waals surface area (Å²) in [7, 11) is 0.0679. The molecule has 21 heavy (non-hydrogen) atoms. The first-order chi connectivity index (χ1) is 9.98. The van der Waals surface area contributed by atoms with Gasteiger partial charge >= 0.3 is 10.2 Å². The number of hydrogen-bond acceptors (Lipinski definition) is 3. The number of benzene rings is 1. The molecule has 0 amide bonds. The lowest BCUT2D eigenvalue weighted by Gasteiger charge is -2.38. The van der Waals surface area contributed by atoms with Gasteiger partial charge in [0, 0.05) is 19.6 Å². The molecule has 1 aromatic rings. The minimum Gasteiger partial charge on any atom is -0.320 e. The molecule has 1 unspecified atom stereocenters. The van der Waals surface area contributed by atoms with Crippen LogP contribution in [-0.2, 0) is 16.6 Å². The summed E-state index contributed by atoms with van der Waals surface area (Å²) in [6.07, 6.45) is 2.60. The van der Waals surface area contributed by atoms with Gasteiger partial charge in [-0.25, -0.2) is 0 Å². The van der Waals surface area contributed by atoms with Gasteiger partial charge in [-0.15, -0.1) is 0 Å². The third-order valence-corrected chi connectivity index (χ3v) is 6.03. The number of rotatable bonds is 6. The van der Waals surface area contributed by atoms with Crippen LogP contribution in [0.5, 0.6) is 0 Å². The van der Waals surface area contributed by atoms with Gasteiger partial charge in [-0.05, 0) is 51.4 Å². The number of para-hydroxylation sites is 1. The predicted octanol–water partition coefficient (Wildman–Crippen LogP) is 1.61. The minimum absolute atomic E-state index is 0.00310. The van der Waals surface area contributed by atoms with Crippen molar-refractivity contribution >= 4 is 15.9 Å². The average molecular weight is 311 g/mol. The molecule has 6 heteroatoms. The Kier molecular flexibility index (Phi) is 5.24. The van der Waals surface area contributed by atoms with Gasteiger partial charge < -0.3 is 5.32 Å². The lowest BCUT2D eigenvalue weighted by Crippen LogP contribution is -2.49. The van der Waals surface area contributed by atoms with Crippen LogP contribution >= 0.6 is 0 Å². The first-order valence-corrected chi connectivity index (χ1v) is 8.86. The van der Waals surface area contributed by atoms with Crippen molar-refractivity contribution in [2.24, 2.45) is 0 Å². The molecule has 5 nitrogen and oxygen atoms in total. The molecular weight excluding hydrogens is 286 g/mol. The molecule has 0 fully saturated rings. The van der Waals surface area contributed by atoms with Gasteiger partial charge in [0.05, 0.1) is 5.69 Å². The number of nitrogens with one attached hydrogen (secondary N) is 1. The first kappa shape index (κ1) is 16.3. The van der Waals surface area contributed by atoms with E-state index in [9.17, 15) is 8.42 Å². The Bertz CT molecular complexity index is 574. The van der Waals surface area contributed by atoms with Gasteiger partial charge in [-0.2, -0.15) is 12.7 Å². The van der Waals surface area contributed by atoms with Crippen LogP contribution in [0.4, 0.5) is 5.69 Å². The quantitative estimate of drug-likeness (QED) is 0.812. The van der Waals surface area contributed by atoms with E-state index in [4.69, 9.17) is 0 Å². The summed E-state index contributed by atoms with van der Waals surface area (Å²) in [4.78, 5) is 0. The van der Waals surface area contributed by atoms with Crippen molar-refractivity contribution in [3.63, 3.8) is 0 Å². The van der Waals surface area contributed by atoms with Crippen LogP contribution in [-0.4, -0.2) is 45.9 Å². The molecule has 1 heterocycles. The highest BCUT2D eigenvalue weighted by molar-refractivity contribution is 7.90. The maximum Gasteiger partial charge on any atom is 0.304 e. The van der Waals surface area contributed by atoms with Crippen molar-refractivity contribution in [1.82, 2.24) is 9.62 Å². The Labute approximate surface area is 128 Å². The Morgan fingerprint density at radius 3 is 2.81 bits per heavy atom. The molecule has 2 rings (SSSR count).